The summed E-state index contributed by atoms with van der Waals surface area (Å²) in [7, 11) is -3.73. The molecule has 0 spiro atoms. The van der Waals surface area contributed by atoms with Gasteiger partial charge < -0.3 is 9.50 Å². The molecule has 5 nitrogen and oxygen atoms in total. The maximum atomic E-state index is 11.0. The molecule has 0 saturated carbocycles. The Hall–Kier alpha value is -1.27. The molecule has 1 N–H and O–H groups in total. The van der Waals surface area contributed by atoms with Crippen molar-refractivity contribution in [2.24, 2.45) is 0 Å². The van der Waals surface area contributed by atoms with Crippen LogP contribution in [0.15, 0.2) is 24.3 Å². The molecule has 0 aliphatic rings. The fourth-order valence-electron chi connectivity index (χ4n) is 0.966. The second-order valence-corrected chi connectivity index (χ2v) is 5.11. The third-order valence-corrected chi connectivity index (χ3v) is 3.05. The lowest BCUT2D eigenvalue weighted by Gasteiger charge is -2.05. The lowest BCUT2D eigenvalue weighted by Crippen LogP contribution is -2.10. The minimum Gasteiger partial charge on any atom is -0.382 e. The van der Waals surface area contributed by atoms with Crippen LogP contribution in [-0.4, -0.2) is 19.5 Å². The van der Waals surface area contributed by atoms with Gasteiger partial charge in [-0.25, -0.2) is 0 Å². The molecule has 1 amide bonds. The minimum absolute atomic E-state index is 0.148. The van der Waals surface area contributed by atoms with E-state index in [1.165, 1.54) is 31.2 Å². The molecule has 0 bridgehead atoms. The number of carbonyl (C=O) groups is 1. The Balaban J connectivity index is 2.76. The van der Waals surface area contributed by atoms with Crippen molar-refractivity contribution >= 4 is 33.3 Å². The Morgan fingerprint density at radius 3 is 2.38 bits per heavy atom. The van der Waals surface area contributed by atoms with E-state index in [0.717, 1.165) is 0 Å². The van der Waals surface area contributed by atoms with Crippen LogP contribution in [0.4, 0.5) is 5.69 Å². The van der Waals surface area contributed by atoms with Crippen LogP contribution in [-0.2, 0) is 14.9 Å². The van der Waals surface area contributed by atoms with E-state index in [2.05, 4.69) is 9.50 Å². The van der Waals surface area contributed by atoms with Crippen molar-refractivity contribution in [3.8, 4) is 5.75 Å². The fraction of sp³-hybridized carbons (Fsp3) is 0.222. The highest BCUT2D eigenvalue weighted by Crippen LogP contribution is 2.17. The second kappa shape index (κ2) is 5.18. The number of amides is 1. The van der Waals surface area contributed by atoms with Crippen LogP contribution in [0.5, 0.6) is 5.75 Å². The number of benzene rings is 1. The van der Waals surface area contributed by atoms with E-state index in [9.17, 15) is 13.2 Å². The lowest BCUT2D eigenvalue weighted by atomic mass is 10.3. The molecule has 0 aromatic heterocycles. The molecule has 0 unspecified atom stereocenters. The first-order valence-corrected chi connectivity index (χ1v) is 6.40. The van der Waals surface area contributed by atoms with Crippen molar-refractivity contribution in [3.05, 3.63) is 24.3 Å². The van der Waals surface area contributed by atoms with E-state index >= 15 is 0 Å². The van der Waals surface area contributed by atoms with Gasteiger partial charge in [0.1, 0.15) is 5.75 Å². The number of rotatable bonds is 4. The summed E-state index contributed by atoms with van der Waals surface area (Å²) < 4.78 is 26.7. The SMILES string of the molecule is CC(=O)Nc1ccc(OS(=O)(=O)CCl)cc1. The first kappa shape index (κ1) is 12.8. The van der Waals surface area contributed by atoms with Gasteiger partial charge in [-0.2, -0.15) is 8.42 Å². The largest absolute Gasteiger partial charge is 0.382 e. The number of nitrogens with one attached hydrogen (secondary N) is 1. The summed E-state index contributed by atoms with van der Waals surface area (Å²) in [5.41, 5.74) is 0.558. The zero-order chi connectivity index (χ0) is 12.2. The Morgan fingerprint density at radius 2 is 1.94 bits per heavy atom. The zero-order valence-corrected chi connectivity index (χ0v) is 10.0. The Morgan fingerprint density at radius 1 is 1.38 bits per heavy atom. The first-order chi connectivity index (χ1) is 7.43. The van der Waals surface area contributed by atoms with Crippen molar-refractivity contribution in [1.29, 1.82) is 0 Å². The summed E-state index contributed by atoms with van der Waals surface area (Å²) in [4.78, 5) is 10.7. The highest BCUT2D eigenvalue weighted by atomic mass is 35.5. The smallest absolute Gasteiger partial charge is 0.323 e. The standard InChI is InChI=1S/C9H10ClNO4S/c1-7(12)11-8-2-4-9(5-3-8)15-16(13,14)6-10/h2-5H,6H2,1H3,(H,11,12). The summed E-state index contributed by atoms with van der Waals surface area (Å²) in [5.74, 6) is -0.0585. The van der Waals surface area contributed by atoms with Gasteiger partial charge in [0.05, 0.1) is 0 Å². The number of halogens is 1. The van der Waals surface area contributed by atoms with E-state index in [4.69, 9.17) is 11.6 Å². The molecule has 0 fully saturated rings. The molecule has 7 heteroatoms. The molecule has 0 saturated heterocycles. The van der Waals surface area contributed by atoms with Gasteiger partial charge in [0, 0.05) is 12.6 Å². The van der Waals surface area contributed by atoms with Gasteiger partial charge in [0.2, 0.25) is 5.91 Å². The summed E-state index contributed by atoms with van der Waals surface area (Å²) in [6, 6.07) is 5.91. The molecule has 0 atom stereocenters. The summed E-state index contributed by atoms with van der Waals surface area (Å²) in [6.07, 6.45) is 0. The van der Waals surface area contributed by atoms with Gasteiger partial charge in [-0.15, -0.1) is 11.6 Å². The van der Waals surface area contributed by atoms with Crippen molar-refractivity contribution in [2.75, 3.05) is 10.5 Å². The summed E-state index contributed by atoms with van der Waals surface area (Å²) in [5, 5.41) is 1.93. The molecule has 1 aromatic carbocycles. The van der Waals surface area contributed by atoms with E-state index in [1.54, 1.807) is 0 Å². The second-order valence-electron chi connectivity index (χ2n) is 2.96. The number of alkyl halides is 1. The van der Waals surface area contributed by atoms with Crippen LogP contribution in [0, 0.1) is 0 Å². The van der Waals surface area contributed by atoms with E-state index in [0.29, 0.717) is 5.69 Å². The van der Waals surface area contributed by atoms with Crippen LogP contribution in [0.1, 0.15) is 6.92 Å². The van der Waals surface area contributed by atoms with Crippen molar-refractivity contribution in [1.82, 2.24) is 0 Å². The quantitative estimate of drug-likeness (QED) is 0.661. The first-order valence-electron chi connectivity index (χ1n) is 4.29. The predicted molar refractivity (Wildman–Crippen MR) is 61.0 cm³/mol. The molecule has 0 radical (unpaired) electrons. The molecule has 0 heterocycles. The van der Waals surface area contributed by atoms with Gasteiger partial charge in [0.15, 0.2) is 5.21 Å². The molecule has 88 valence electrons. The van der Waals surface area contributed by atoms with Gasteiger partial charge in [0.25, 0.3) is 0 Å². The third kappa shape index (κ3) is 4.08. The Bertz CT molecular complexity index is 469. The van der Waals surface area contributed by atoms with Crippen LogP contribution < -0.4 is 9.50 Å². The maximum absolute atomic E-state index is 11.0. The topological polar surface area (TPSA) is 72.5 Å². The molecule has 1 aromatic rings. The van der Waals surface area contributed by atoms with Gasteiger partial charge in [-0.3, -0.25) is 4.79 Å². The van der Waals surface area contributed by atoms with Crippen LogP contribution in [0.2, 0.25) is 0 Å². The van der Waals surface area contributed by atoms with Crippen LogP contribution >= 0.6 is 11.6 Å². The van der Waals surface area contributed by atoms with Crippen LogP contribution in [0.25, 0.3) is 0 Å². The highest BCUT2D eigenvalue weighted by Gasteiger charge is 2.10. The monoisotopic (exact) mass is 263 g/mol. The summed E-state index contributed by atoms with van der Waals surface area (Å²) >= 11 is 5.17. The van der Waals surface area contributed by atoms with Gasteiger partial charge in [-0.05, 0) is 24.3 Å². The molecular weight excluding hydrogens is 254 g/mol. The van der Waals surface area contributed by atoms with Gasteiger partial charge in [-0.1, -0.05) is 0 Å². The Labute approximate surface area is 98.5 Å². The van der Waals surface area contributed by atoms with Gasteiger partial charge >= 0.3 is 10.1 Å². The number of carbonyl (C=O) groups excluding carboxylic acids is 1. The third-order valence-electron chi connectivity index (χ3n) is 1.53. The van der Waals surface area contributed by atoms with E-state index in [-0.39, 0.29) is 11.7 Å². The van der Waals surface area contributed by atoms with Crippen LogP contribution in [0.3, 0.4) is 0 Å². The molecule has 0 aliphatic carbocycles. The normalized spacial score (nSPS) is 10.9. The minimum atomic E-state index is -3.73. The number of anilines is 1. The highest BCUT2D eigenvalue weighted by molar-refractivity contribution is 7.88. The Kier molecular flexibility index (Phi) is 4.14. The zero-order valence-electron chi connectivity index (χ0n) is 8.44. The summed E-state index contributed by atoms with van der Waals surface area (Å²) in [6.45, 7) is 1.38. The van der Waals surface area contributed by atoms with Crippen molar-refractivity contribution in [3.63, 3.8) is 0 Å². The molecule has 1 rings (SSSR count). The number of hydrogen-bond acceptors (Lipinski definition) is 4. The number of hydrogen-bond donors (Lipinski definition) is 1. The van der Waals surface area contributed by atoms with Crippen molar-refractivity contribution < 1.29 is 17.4 Å². The predicted octanol–water partition coefficient (Wildman–Crippen LogP) is 1.55. The fourth-order valence-corrected chi connectivity index (χ4v) is 1.55. The maximum Gasteiger partial charge on any atom is 0.323 e. The van der Waals surface area contributed by atoms with Crippen molar-refractivity contribution in [2.45, 2.75) is 6.92 Å². The van der Waals surface area contributed by atoms with E-state index < -0.39 is 15.3 Å². The average molecular weight is 264 g/mol. The molecular formula is C9H10ClNO4S. The molecule has 0 aliphatic heterocycles. The van der Waals surface area contributed by atoms with E-state index in [1.807, 2.05) is 0 Å². The molecule has 16 heavy (non-hydrogen) atoms. The average Bonchev–Trinajstić information content (AvgIpc) is 2.20. The lowest BCUT2D eigenvalue weighted by molar-refractivity contribution is -0.114.